The number of carbonyl (C=O) groups is 4. The molecular weight excluding hydrogens is 484 g/mol. The normalized spacial score (nSPS) is 21.9. The minimum atomic E-state index is -1.06. The summed E-state index contributed by atoms with van der Waals surface area (Å²) in [5, 5.41) is 12.8. The zero-order valence-corrected chi connectivity index (χ0v) is 21.7. The number of hydrogen-bond acceptors (Lipinski definition) is 8. The number of rotatable bonds is 6. The Morgan fingerprint density at radius 2 is 1.73 bits per heavy atom. The van der Waals surface area contributed by atoms with Crippen LogP contribution in [0.3, 0.4) is 0 Å². The van der Waals surface area contributed by atoms with Crippen LogP contribution >= 0.6 is 0 Å². The summed E-state index contributed by atoms with van der Waals surface area (Å²) in [5.41, 5.74) is 0.126. The lowest BCUT2D eigenvalue weighted by Crippen LogP contribution is -2.60. The molecule has 12 heteroatoms. The van der Waals surface area contributed by atoms with Crippen molar-refractivity contribution in [3.8, 4) is 0 Å². The molecule has 2 fully saturated rings. The summed E-state index contributed by atoms with van der Waals surface area (Å²) in [6, 6.07) is 7.60. The Morgan fingerprint density at radius 3 is 2.35 bits per heavy atom. The molecule has 12 nitrogen and oxygen atoms in total. The van der Waals surface area contributed by atoms with Crippen molar-refractivity contribution < 1.29 is 38.5 Å². The Morgan fingerprint density at radius 1 is 1.03 bits per heavy atom. The average Bonchev–Trinajstić information content (AvgIpc) is 3.29. The molecule has 2 aliphatic rings. The molecule has 2 aliphatic heterocycles. The Bertz CT molecular complexity index is 967. The number of likely N-dealkylation sites (tertiary alicyclic amines) is 1. The minimum Gasteiger partial charge on any atom is -0.467 e. The molecule has 0 saturated carbocycles. The molecule has 3 rings (SSSR count). The van der Waals surface area contributed by atoms with Crippen LogP contribution < -0.4 is 5.32 Å². The lowest BCUT2D eigenvalue weighted by atomic mass is 10.1. The van der Waals surface area contributed by atoms with Crippen LogP contribution in [0.4, 0.5) is 14.4 Å². The molecule has 0 radical (unpaired) electrons. The van der Waals surface area contributed by atoms with E-state index in [1.54, 1.807) is 20.8 Å². The summed E-state index contributed by atoms with van der Waals surface area (Å²) in [6.45, 7) is 6.29. The SMILES string of the molecule is COC(=O)[C@H]1C[C@@H](NC[C@H]2CN(C(=O)O)CCN2C(=O)OC(C)(C)C)CN1C(=O)OCc1ccccc1. The van der Waals surface area contributed by atoms with Crippen molar-refractivity contribution in [3.05, 3.63) is 35.9 Å². The summed E-state index contributed by atoms with van der Waals surface area (Å²) >= 11 is 0. The molecule has 1 aromatic rings. The van der Waals surface area contributed by atoms with Gasteiger partial charge < -0.3 is 34.4 Å². The molecule has 3 amide bonds. The Labute approximate surface area is 216 Å². The van der Waals surface area contributed by atoms with Gasteiger partial charge in [-0.3, -0.25) is 4.90 Å². The monoisotopic (exact) mass is 520 g/mol. The first-order chi connectivity index (χ1) is 17.5. The van der Waals surface area contributed by atoms with Crippen LogP contribution in [0.5, 0.6) is 0 Å². The van der Waals surface area contributed by atoms with Crippen molar-refractivity contribution in [1.29, 1.82) is 0 Å². The van der Waals surface area contributed by atoms with Gasteiger partial charge in [-0.05, 0) is 32.8 Å². The van der Waals surface area contributed by atoms with Crippen LogP contribution in [0.2, 0.25) is 0 Å². The first kappa shape index (κ1) is 28.0. The third-order valence-electron chi connectivity index (χ3n) is 6.24. The molecular formula is C25H36N4O8. The van der Waals surface area contributed by atoms with Gasteiger partial charge in [0, 0.05) is 38.8 Å². The number of piperazine rings is 1. The van der Waals surface area contributed by atoms with Gasteiger partial charge >= 0.3 is 24.2 Å². The topological polar surface area (TPSA) is 138 Å². The van der Waals surface area contributed by atoms with Crippen LogP contribution in [-0.4, -0.2) is 108 Å². The fraction of sp³-hybridized carbons (Fsp3) is 0.600. The first-order valence-corrected chi connectivity index (χ1v) is 12.2. The number of nitrogens with one attached hydrogen (secondary N) is 1. The van der Waals surface area contributed by atoms with Gasteiger partial charge in [0.2, 0.25) is 0 Å². The number of methoxy groups -OCH3 is 1. The van der Waals surface area contributed by atoms with E-state index in [0.717, 1.165) is 5.56 Å². The first-order valence-electron chi connectivity index (χ1n) is 12.2. The molecule has 0 aliphatic carbocycles. The van der Waals surface area contributed by atoms with Gasteiger partial charge in [-0.1, -0.05) is 30.3 Å². The Hall–Kier alpha value is -3.54. The predicted octanol–water partition coefficient (Wildman–Crippen LogP) is 2.13. The number of benzene rings is 1. The van der Waals surface area contributed by atoms with Gasteiger partial charge in [-0.15, -0.1) is 0 Å². The number of hydrogen-bond donors (Lipinski definition) is 2. The van der Waals surface area contributed by atoms with E-state index in [1.165, 1.54) is 21.8 Å². The van der Waals surface area contributed by atoms with Gasteiger partial charge in [-0.25, -0.2) is 19.2 Å². The van der Waals surface area contributed by atoms with E-state index < -0.39 is 41.9 Å². The van der Waals surface area contributed by atoms with Crippen LogP contribution in [-0.2, 0) is 25.6 Å². The molecule has 2 heterocycles. The lowest BCUT2D eigenvalue weighted by molar-refractivity contribution is -0.145. The standard InChI is InChI=1S/C25H36N4O8/c1-25(2,3)37-24(34)28-11-10-27(22(31)32)15-19(28)13-26-18-12-20(21(30)35-4)29(14-18)23(33)36-16-17-8-6-5-7-9-17/h5-9,18-20,26H,10-16H2,1-4H3,(H,31,32)/t18-,19+,20-/m1/s1. The van der Waals surface area contributed by atoms with Crippen LogP contribution in [0.25, 0.3) is 0 Å². The van der Waals surface area contributed by atoms with Gasteiger partial charge in [0.1, 0.15) is 18.2 Å². The number of carbonyl (C=O) groups excluding carboxylic acids is 3. The maximum atomic E-state index is 12.8. The van der Waals surface area contributed by atoms with E-state index in [9.17, 15) is 24.3 Å². The van der Waals surface area contributed by atoms with E-state index >= 15 is 0 Å². The summed E-state index contributed by atoms with van der Waals surface area (Å²) in [5.74, 6) is -0.550. The van der Waals surface area contributed by atoms with Gasteiger partial charge in [0.05, 0.1) is 13.2 Å². The molecule has 3 atom stereocenters. The summed E-state index contributed by atoms with van der Waals surface area (Å²) in [4.78, 5) is 53.7. The van der Waals surface area contributed by atoms with Gasteiger partial charge in [0.15, 0.2) is 0 Å². The fourth-order valence-corrected chi connectivity index (χ4v) is 4.41. The van der Waals surface area contributed by atoms with E-state index in [-0.39, 0.29) is 51.8 Å². The number of carboxylic acid groups (broad SMARTS) is 1. The van der Waals surface area contributed by atoms with Crippen molar-refractivity contribution in [3.63, 3.8) is 0 Å². The third-order valence-corrected chi connectivity index (χ3v) is 6.24. The third kappa shape index (κ3) is 7.72. The maximum Gasteiger partial charge on any atom is 0.410 e. The molecule has 0 bridgehead atoms. The Balaban J connectivity index is 1.64. The van der Waals surface area contributed by atoms with Crippen molar-refractivity contribution >= 4 is 24.2 Å². The highest BCUT2D eigenvalue weighted by atomic mass is 16.6. The van der Waals surface area contributed by atoms with Crippen molar-refractivity contribution in [2.45, 2.75) is 57.5 Å². The summed E-state index contributed by atoms with van der Waals surface area (Å²) in [7, 11) is 1.26. The zero-order chi connectivity index (χ0) is 27.2. The predicted molar refractivity (Wildman–Crippen MR) is 132 cm³/mol. The number of amides is 3. The van der Waals surface area contributed by atoms with E-state index in [1.807, 2.05) is 30.3 Å². The van der Waals surface area contributed by atoms with E-state index in [0.29, 0.717) is 0 Å². The van der Waals surface area contributed by atoms with E-state index in [2.05, 4.69) is 5.32 Å². The van der Waals surface area contributed by atoms with Gasteiger partial charge in [-0.2, -0.15) is 0 Å². The Kier molecular flexibility index (Phi) is 9.19. The largest absolute Gasteiger partial charge is 0.467 e. The molecule has 37 heavy (non-hydrogen) atoms. The fourth-order valence-electron chi connectivity index (χ4n) is 4.41. The van der Waals surface area contributed by atoms with Crippen molar-refractivity contribution in [2.75, 3.05) is 39.8 Å². The number of nitrogens with zero attached hydrogens (tertiary/aromatic N) is 3. The highest BCUT2D eigenvalue weighted by Crippen LogP contribution is 2.22. The lowest BCUT2D eigenvalue weighted by Gasteiger charge is -2.41. The van der Waals surface area contributed by atoms with E-state index in [4.69, 9.17) is 14.2 Å². The second kappa shape index (κ2) is 12.1. The van der Waals surface area contributed by atoms with Crippen LogP contribution in [0, 0.1) is 0 Å². The van der Waals surface area contributed by atoms with Crippen molar-refractivity contribution in [1.82, 2.24) is 20.0 Å². The quantitative estimate of drug-likeness (QED) is 0.427. The average molecular weight is 521 g/mol. The molecule has 0 aromatic heterocycles. The van der Waals surface area contributed by atoms with Gasteiger partial charge in [0.25, 0.3) is 0 Å². The summed E-state index contributed by atoms with van der Waals surface area (Å²) < 4.78 is 15.8. The summed E-state index contributed by atoms with van der Waals surface area (Å²) in [6.07, 6.45) is -1.93. The second-order valence-electron chi connectivity index (χ2n) is 10.1. The van der Waals surface area contributed by atoms with Crippen LogP contribution in [0.1, 0.15) is 32.8 Å². The molecule has 1 aromatic carbocycles. The molecule has 0 spiro atoms. The van der Waals surface area contributed by atoms with Crippen molar-refractivity contribution in [2.24, 2.45) is 0 Å². The highest BCUT2D eigenvalue weighted by Gasteiger charge is 2.42. The van der Waals surface area contributed by atoms with Crippen LogP contribution in [0.15, 0.2) is 30.3 Å². The molecule has 204 valence electrons. The maximum absolute atomic E-state index is 12.8. The molecule has 2 saturated heterocycles. The zero-order valence-electron chi connectivity index (χ0n) is 21.7. The molecule has 2 N–H and O–H groups in total. The minimum absolute atomic E-state index is 0.0696. The smallest absolute Gasteiger partial charge is 0.410 e. The number of esters is 1. The second-order valence-corrected chi connectivity index (χ2v) is 10.1. The number of ether oxygens (including phenoxy) is 3. The molecule has 0 unspecified atom stereocenters. The highest BCUT2D eigenvalue weighted by molar-refractivity contribution is 5.82.